The Morgan fingerprint density at radius 2 is 1.86 bits per heavy atom. The number of hydrogen-bond donors (Lipinski definition) is 1. The van der Waals surface area contributed by atoms with Gasteiger partial charge < -0.3 is 19.7 Å². The van der Waals surface area contributed by atoms with Crippen molar-refractivity contribution in [2.45, 2.75) is 57.7 Å². The first kappa shape index (κ1) is 26.2. The lowest BCUT2D eigenvalue weighted by Crippen LogP contribution is -2.61. The van der Waals surface area contributed by atoms with Crippen molar-refractivity contribution in [2.75, 3.05) is 39.4 Å². The molecule has 2 aliphatic heterocycles. The molecular formula is C29H39N3O4. The van der Waals surface area contributed by atoms with Crippen molar-refractivity contribution in [2.24, 2.45) is 0 Å². The second kappa shape index (κ2) is 12.4. The van der Waals surface area contributed by atoms with E-state index in [0.717, 1.165) is 30.6 Å². The largest absolute Gasteiger partial charge is 0.491 e. The molecule has 1 unspecified atom stereocenters. The fourth-order valence-corrected chi connectivity index (χ4v) is 5.08. The molecule has 2 heterocycles. The zero-order valence-corrected chi connectivity index (χ0v) is 21.6. The van der Waals surface area contributed by atoms with Gasteiger partial charge in [0.2, 0.25) is 5.91 Å². The van der Waals surface area contributed by atoms with Crippen molar-refractivity contribution >= 4 is 11.8 Å². The number of fused-ring (bicyclic) bond motifs is 1. The molecule has 0 aliphatic carbocycles. The van der Waals surface area contributed by atoms with Crippen LogP contribution in [0.25, 0.3) is 0 Å². The average molecular weight is 494 g/mol. The van der Waals surface area contributed by atoms with Crippen LogP contribution in [0.15, 0.2) is 54.6 Å². The lowest BCUT2D eigenvalue weighted by Gasteiger charge is -2.42. The molecular weight excluding hydrogens is 454 g/mol. The zero-order valence-electron chi connectivity index (χ0n) is 21.6. The van der Waals surface area contributed by atoms with Crippen molar-refractivity contribution < 1.29 is 19.1 Å². The molecule has 0 bridgehead atoms. The number of nitrogens with zero attached hydrogens (tertiary/aromatic N) is 2. The molecule has 36 heavy (non-hydrogen) atoms. The van der Waals surface area contributed by atoms with E-state index in [2.05, 4.69) is 16.3 Å². The summed E-state index contributed by atoms with van der Waals surface area (Å²) in [7, 11) is 0. The summed E-state index contributed by atoms with van der Waals surface area (Å²) in [5, 5.41) is 3.03. The predicted octanol–water partition coefficient (Wildman–Crippen LogP) is 3.42. The number of carbonyl (C=O) groups excluding carboxylic acids is 2. The quantitative estimate of drug-likeness (QED) is 0.691. The Morgan fingerprint density at radius 3 is 2.67 bits per heavy atom. The number of hydrogen-bond acceptors (Lipinski definition) is 5. The Kier molecular flexibility index (Phi) is 8.99. The predicted molar refractivity (Wildman–Crippen MR) is 140 cm³/mol. The second-order valence-corrected chi connectivity index (χ2v) is 10.1. The summed E-state index contributed by atoms with van der Waals surface area (Å²) in [6.07, 6.45) is 3.33. The summed E-state index contributed by atoms with van der Waals surface area (Å²) in [5.41, 5.74) is 1.36. The third kappa shape index (κ3) is 6.65. The van der Waals surface area contributed by atoms with Crippen LogP contribution in [0.2, 0.25) is 0 Å². The molecule has 2 amide bonds. The molecule has 4 rings (SSSR count). The van der Waals surface area contributed by atoms with Gasteiger partial charge in [0.1, 0.15) is 12.4 Å². The summed E-state index contributed by atoms with van der Waals surface area (Å²) in [4.78, 5) is 30.7. The molecule has 1 saturated heterocycles. The SMILES string of the molecule is CC(C)N(Cc1ccccc1)C(=O)CN1CCOC2(CCCCc3ccccc3OCCNC2=O)C1. The van der Waals surface area contributed by atoms with E-state index >= 15 is 0 Å². The van der Waals surface area contributed by atoms with Gasteiger partial charge in [-0.15, -0.1) is 0 Å². The van der Waals surface area contributed by atoms with Gasteiger partial charge in [0, 0.05) is 25.7 Å². The molecule has 1 fully saturated rings. The fourth-order valence-electron chi connectivity index (χ4n) is 5.08. The third-order valence-corrected chi connectivity index (χ3v) is 7.07. The maximum absolute atomic E-state index is 13.4. The van der Waals surface area contributed by atoms with E-state index in [1.54, 1.807) is 0 Å². The highest BCUT2D eigenvalue weighted by Gasteiger charge is 2.43. The Hall–Kier alpha value is -2.90. The second-order valence-electron chi connectivity index (χ2n) is 10.1. The van der Waals surface area contributed by atoms with E-state index in [-0.39, 0.29) is 24.4 Å². The van der Waals surface area contributed by atoms with Gasteiger partial charge in [0.25, 0.3) is 5.91 Å². The maximum atomic E-state index is 13.4. The smallest absolute Gasteiger partial charge is 0.253 e. The number of ether oxygens (including phenoxy) is 2. The first-order valence-corrected chi connectivity index (χ1v) is 13.2. The van der Waals surface area contributed by atoms with Gasteiger partial charge >= 0.3 is 0 Å². The van der Waals surface area contributed by atoms with Crippen molar-refractivity contribution in [1.29, 1.82) is 0 Å². The van der Waals surface area contributed by atoms with Crippen LogP contribution in [-0.4, -0.2) is 72.6 Å². The summed E-state index contributed by atoms with van der Waals surface area (Å²) in [5.74, 6) is 0.859. The summed E-state index contributed by atoms with van der Waals surface area (Å²) < 4.78 is 12.1. The van der Waals surface area contributed by atoms with Crippen LogP contribution in [0.1, 0.15) is 44.2 Å². The molecule has 2 aromatic carbocycles. The van der Waals surface area contributed by atoms with E-state index in [0.29, 0.717) is 45.8 Å². The number of amides is 2. The monoisotopic (exact) mass is 493 g/mol. The first-order valence-electron chi connectivity index (χ1n) is 13.2. The van der Waals surface area contributed by atoms with Gasteiger partial charge in [-0.05, 0) is 56.7 Å². The van der Waals surface area contributed by atoms with E-state index in [1.165, 1.54) is 5.56 Å². The highest BCUT2D eigenvalue weighted by Crippen LogP contribution is 2.28. The zero-order chi connectivity index (χ0) is 25.4. The van der Waals surface area contributed by atoms with Crippen LogP contribution in [0.4, 0.5) is 0 Å². The van der Waals surface area contributed by atoms with Crippen molar-refractivity contribution in [3.05, 3.63) is 65.7 Å². The van der Waals surface area contributed by atoms with Gasteiger partial charge in [-0.25, -0.2) is 0 Å². The Bertz CT molecular complexity index is 1010. The Balaban J connectivity index is 1.42. The maximum Gasteiger partial charge on any atom is 0.253 e. The molecule has 194 valence electrons. The standard InChI is InChI=1S/C29H39N3O4/c1-23(2)32(20-24-10-4-3-5-11-24)27(33)21-31-17-19-36-29(22-31)15-9-8-13-25-12-6-7-14-26(25)35-18-16-30-28(29)34/h3-7,10-12,14,23H,8-9,13,15-22H2,1-2H3,(H,30,34). The van der Waals surface area contributed by atoms with Gasteiger partial charge in [0.15, 0.2) is 5.60 Å². The minimum atomic E-state index is -0.945. The third-order valence-electron chi connectivity index (χ3n) is 7.07. The minimum Gasteiger partial charge on any atom is -0.491 e. The summed E-state index contributed by atoms with van der Waals surface area (Å²) in [6.45, 7) is 7.24. The van der Waals surface area contributed by atoms with Crippen molar-refractivity contribution in [1.82, 2.24) is 15.1 Å². The van der Waals surface area contributed by atoms with E-state index in [9.17, 15) is 9.59 Å². The lowest BCUT2D eigenvalue weighted by molar-refractivity contribution is -0.164. The van der Waals surface area contributed by atoms with Crippen LogP contribution in [0, 0.1) is 0 Å². The molecule has 7 heteroatoms. The Morgan fingerprint density at radius 1 is 1.08 bits per heavy atom. The van der Waals surface area contributed by atoms with E-state index in [4.69, 9.17) is 9.47 Å². The molecule has 7 nitrogen and oxygen atoms in total. The fraction of sp³-hybridized carbons (Fsp3) is 0.517. The highest BCUT2D eigenvalue weighted by atomic mass is 16.5. The molecule has 1 spiro atoms. The topological polar surface area (TPSA) is 71.1 Å². The molecule has 2 aromatic rings. The molecule has 2 aliphatic rings. The van der Waals surface area contributed by atoms with Crippen molar-refractivity contribution in [3.8, 4) is 5.75 Å². The molecule has 0 radical (unpaired) electrons. The number of aryl methyl sites for hydroxylation is 1. The first-order chi connectivity index (χ1) is 17.5. The lowest BCUT2D eigenvalue weighted by atomic mass is 9.91. The normalized spacial score (nSPS) is 21.6. The summed E-state index contributed by atoms with van der Waals surface area (Å²) >= 11 is 0. The number of carbonyl (C=O) groups is 2. The van der Waals surface area contributed by atoms with Crippen LogP contribution in [0.5, 0.6) is 5.75 Å². The van der Waals surface area contributed by atoms with Gasteiger partial charge in [-0.2, -0.15) is 0 Å². The van der Waals surface area contributed by atoms with Gasteiger partial charge in [-0.1, -0.05) is 48.5 Å². The van der Waals surface area contributed by atoms with Crippen LogP contribution < -0.4 is 10.1 Å². The van der Waals surface area contributed by atoms with Gasteiger partial charge in [-0.3, -0.25) is 14.5 Å². The number of nitrogens with one attached hydrogen (secondary N) is 1. The molecule has 1 atom stereocenters. The molecule has 0 saturated carbocycles. The summed E-state index contributed by atoms with van der Waals surface area (Å²) in [6, 6.07) is 18.3. The van der Waals surface area contributed by atoms with E-state index < -0.39 is 5.60 Å². The number of rotatable bonds is 5. The highest BCUT2D eigenvalue weighted by molar-refractivity contribution is 5.86. The van der Waals surface area contributed by atoms with Crippen LogP contribution in [0.3, 0.4) is 0 Å². The molecule has 1 N–H and O–H groups in total. The minimum absolute atomic E-state index is 0.0736. The van der Waals surface area contributed by atoms with Crippen LogP contribution >= 0.6 is 0 Å². The van der Waals surface area contributed by atoms with Gasteiger partial charge in [0.05, 0.1) is 19.7 Å². The van der Waals surface area contributed by atoms with Crippen molar-refractivity contribution in [3.63, 3.8) is 0 Å². The average Bonchev–Trinajstić information content (AvgIpc) is 2.88. The van der Waals surface area contributed by atoms with Crippen LogP contribution in [-0.2, 0) is 27.3 Å². The number of para-hydroxylation sites is 1. The van der Waals surface area contributed by atoms with E-state index in [1.807, 2.05) is 67.3 Å². The number of morpholine rings is 1. The number of benzene rings is 2. The molecule has 0 aromatic heterocycles. The Labute approximate surface area is 214 Å².